The van der Waals surface area contributed by atoms with Crippen LogP contribution in [0.3, 0.4) is 0 Å². The van der Waals surface area contributed by atoms with Gasteiger partial charge in [0.15, 0.2) is 5.78 Å². The fourth-order valence-corrected chi connectivity index (χ4v) is 2.12. The number of carboxylic acids is 1. The number of hydrogen-bond donors (Lipinski definition) is 1. The number of Topliss-reactive ketones (excluding diaryl/α,β-unsaturated/α-hetero) is 1. The van der Waals surface area contributed by atoms with E-state index in [4.69, 9.17) is 9.84 Å². The topological polar surface area (TPSA) is 63.6 Å². The Morgan fingerprint density at radius 1 is 1.26 bits per heavy atom. The number of hydrogen-bond acceptors (Lipinski definition) is 3. The maximum absolute atomic E-state index is 12.3. The molecule has 1 aromatic carbocycles. The molecule has 19 heavy (non-hydrogen) atoms. The lowest BCUT2D eigenvalue weighted by Crippen LogP contribution is -2.16. The van der Waals surface area contributed by atoms with Gasteiger partial charge in [-0.2, -0.15) is 0 Å². The van der Waals surface area contributed by atoms with E-state index in [-0.39, 0.29) is 12.2 Å². The quantitative estimate of drug-likeness (QED) is 0.830. The summed E-state index contributed by atoms with van der Waals surface area (Å²) in [4.78, 5) is 23.1. The number of ketones is 1. The molecule has 4 heteroatoms. The number of aryl methyl sites for hydroxylation is 2. The van der Waals surface area contributed by atoms with Gasteiger partial charge in [0.05, 0.1) is 18.6 Å². The van der Waals surface area contributed by atoms with Crippen LogP contribution in [0.5, 0.6) is 5.75 Å². The van der Waals surface area contributed by atoms with E-state index in [9.17, 15) is 9.59 Å². The van der Waals surface area contributed by atoms with Crippen molar-refractivity contribution < 1.29 is 19.4 Å². The molecule has 1 unspecified atom stereocenters. The van der Waals surface area contributed by atoms with E-state index in [0.717, 1.165) is 16.7 Å². The Morgan fingerprint density at radius 3 is 2.32 bits per heavy atom. The summed E-state index contributed by atoms with van der Waals surface area (Å²) in [5.74, 6) is -1.29. The highest BCUT2D eigenvalue weighted by Crippen LogP contribution is 2.31. The molecule has 0 aliphatic heterocycles. The molecule has 0 spiro atoms. The normalized spacial score (nSPS) is 12.1. The molecule has 4 nitrogen and oxygen atoms in total. The van der Waals surface area contributed by atoms with Gasteiger partial charge in [-0.05, 0) is 37.5 Å². The summed E-state index contributed by atoms with van der Waals surface area (Å²) in [7, 11) is 1.53. The van der Waals surface area contributed by atoms with Gasteiger partial charge in [-0.15, -0.1) is 0 Å². The third kappa shape index (κ3) is 3.13. The summed E-state index contributed by atoms with van der Waals surface area (Å²) < 4.78 is 5.33. The summed E-state index contributed by atoms with van der Waals surface area (Å²) in [5, 5.41) is 8.89. The Balaban J connectivity index is 3.23. The van der Waals surface area contributed by atoms with E-state index in [0.29, 0.717) is 11.3 Å². The van der Waals surface area contributed by atoms with Crippen LogP contribution in [-0.2, 0) is 4.79 Å². The summed E-state index contributed by atoms with van der Waals surface area (Å²) in [6.07, 6.45) is -0.0188. The molecule has 1 rings (SSSR count). The van der Waals surface area contributed by atoms with E-state index >= 15 is 0 Å². The van der Waals surface area contributed by atoms with Gasteiger partial charge in [-0.1, -0.05) is 13.0 Å². The number of carbonyl (C=O) groups is 2. The number of benzene rings is 1. The largest absolute Gasteiger partial charge is 0.496 e. The number of aliphatic carboxylic acids is 1. The average Bonchev–Trinajstić information content (AvgIpc) is 2.32. The summed E-state index contributed by atoms with van der Waals surface area (Å²) >= 11 is 0. The average molecular weight is 264 g/mol. The first-order chi connectivity index (χ1) is 8.79. The monoisotopic (exact) mass is 264 g/mol. The highest BCUT2D eigenvalue weighted by molar-refractivity contribution is 6.02. The molecule has 0 radical (unpaired) electrons. The molecule has 0 saturated carbocycles. The Labute approximate surface area is 113 Å². The SMILES string of the molecule is COc1c(C)c(C)cc(C)c1C(=O)CC(C)C(=O)O. The Kier molecular flexibility index (Phi) is 4.70. The molecule has 1 aromatic rings. The maximum atomic E-state index is 12.3. The number of rotatable bonds is 5. The molecule has 104 valence electrons. The van der Waals surface area contributed by atoms with Gasteiger partial charge in [-0.3, -0.25) is 9.59 Å². The minimum atomic E-state index is -0.964. The fourth-order valence-electron chi connectivity index (χ4n) is 2.12. The lowest BCUT2D eigenvalue weighted by Gasteiger charge is -2.16. The van der Waals surface area contributed by atoms with E-state index in [1.165, 1.54) is 14.0 Å². The number of carboxylic acid groups (broad SMARTS) is 1. The zero-order chi connectivity index (χ0) is 14.7. The van der Waals surface area contributed by atoms with E-state index in [1.807, 2.05) is 26.8 Å². The van der Waals surface area contributed by atoms with E-state index in [1.54, 1.807) is 0 Å². The van der Waals surface area contributed by atoms with Crippen LogP contribution in [-0.4, -0.2) is 24.0 Å². The van der Waals surface area contributed by atoms with E-state index < -0.39 is 11.9 Å². The molecular weight excluding hydrogens is 244 g/mol. The number of methoxy groups -OCH3 is 1. The highest BCUT2D eigenvalue weighted by Gasteiger charge is 2.23. The van der Waals surface area contributed by atoms with Gasteiger partial charge in [0, 0.05) is 6.42 Å². The second-order valence-corrected chi connectivity index (χ2v) is 4.91. The van der Waals surface area contributed by atoms with Crippen molar-refractivity contribution in [3.8, 4) is 5.75 Å². The van der Waals surface area contributed by atoms with Crippen LogP contribution in [0, 0.1) is 26.7 Å². The zero-order valence-electron chi connectivity index (χ0n) is 12.0. The maximum Gasteiger partial charge on any atom is 0.306 e. The summed E-state index contributed by atoms with van der Waals surface area (Å²) in [6, 6.07) is 1.93. The van der Waals surface area contributed by atoms with Gasteiger partial charge in [0.2, 0.25) is 0 Å². The van der Waals surface area contributed by atoms with Crippen molar-refractivity contribution in [1.82, 2.24) is 0 Å². The van der Waals surface area contributed by atoms with Crippen LogP contribution in [0.2, 0.25) is 0 Å². The fraction of sp³-hybridized carbons (Fsp3) is 0.467. The van der Waals surface area contributed by atoms with Gasteiger partial charge in [-0.25, -0.2) is 0 Å². The first kappa shape index (κ1) is 15.2. The van der Waals surface area contributed by atoms with Crippen LogP contribution in [0.1, 0.15) is 40.4 Å². The van der Waals surface area contributed by atoms with Gasteiger partial charge in [0.1, 0.15) is 5.75 Å². The highest BCUT2D eigenvalue weighted by atomic mass is 16.5. The van der Waals surface area contributed by atoms with Crippen LogP contribution >= 0.6 is 0 Å². The summed E-state index contributed by atoms with van der Waals surface area (Å²) in [5.41, 5.74) is 3.29. The Hall–Kier alpha value is -1.84. The van der Waals surface area contributed by atoms with Crippen molar-refractivity contribution in [2.24, 2.45) is 5.92 Å². The molecule has 0 aliphatic rings. The molecular formula is C15H20O4. The van der Waals surface area contributed by atoms with Crippen LogP contribution in [0.15, 0.2) is 6.07 Å². The van der Waals surface area contributed by atoms with Crippen molar-refractivity contribution in [2.45, 2.75) is 34.1 Å². The van der Waals surface area contributed by atoms with Crippen molar-refractivity contribution in [2.75, 3.05) is 7.11 Å². The third-order valence-electron chi connectivity index (χ3n) is 3.38. The smallest absolute Gasteiger partial charge is 0.306 e. The molecule has 0 heterocycles. The predicted molar refractivity (Wildman–Crippen MR) is 73.0 cm³/mol. The van der Waals surface area contributed by atoms with Crippen molar-refractivity contribution in [1.29, 1.82) is 0 Å². The molecule has 0 fully saturated rings. The zero-order valence-corrected chi connectivity index (χ0v) is 12.0. The molecule has 0 amide bonds. The lowest BCUT2D eigenvalue weighted by molar-refractivity contribution is -0.141. The third-order valence-corrected chi connectivity index (χ3v) is 3.38. The molecule has 0 aliphatic carbocycles. The Morgan fingerprint density at radius 2 is 1.84 bits per heavy atom. The second kappa shape index (κ2) is 5.87. The van der Waals surface area contributed by atoms with Crippen molar-refractivity contribution >= 4 is 11.8 Å². The van der Waals surface area contributed by atoms with Crippen LogP contribution in [0.25, 0.3) is 0 Å². The van der Waals surface area contributed by atoms with Crippen molar-refractivity contribution in [3.05, 3.63) is 28.3 Å². The van der Waals surface area contributed by atoms with Crippen LogP contribution < -0.4 is 4.74 Å². The Bertz CT molecular complexity index is 517. The molecule has 1 atom stereocenters. The summed E-state index contributed by atoms with van der Waals surface area (Å²) in [6.45, 7) is 7.22. The molecule has 0 bridgehead atoms. The minimum Gasteiger partial charge on any atom is -0.496 e. The first-order valence-corrected chi connectivity index (χ1v) is 6.20. The molecule has 0 aromatic heterocycles. The first-order valence-electron chi connectivity index (χ1n) is 6.20. The minimum absolute atomic E-state index is 0.0188. The molecule has 1 N–H and O–H groups in total. The number of carbonyl (C=O) groups excluding carboxylic acids is 1. The standard InChI is InChI=1S/C15H20O4/c1-8-6-9(2)13(14(19-5)11(8)4)12(16)7-10(3)15(17)18/h6,10H,7H2,1-5H3,(H,17,18). The second-order valence-electron chi connectivity index (χ2n) is 4.91. The van der Waals surface area contributed by atoms with Gasteiger partial charge >= 0.3 is 5.97 Å². The number of ether oxygens (including phenoxy) is 1. The van der Waals surface area contributed by atoms with Crippen LogP contribution in [0.4, 0.5) is 0 Å². The van der Waals surface area contributed by atoms with Gasteiger partial charge in [0.25, 0.3) is 0 Å². The lowest BCUT2D eigenvalue weighted by atomic mass is 9.92. The van der Waals surface area contributed by atoms with Crippen molar-refractivity contribution in [3.63, 3.8) is 0 Å². The van der Waals surface area contributed by atoms with Gasteiger partial charge < -0.3 is 9.84 Å². The predicted octanol–water partition coefficient (Wildman–Crippen LogP) is 2.91. The molecule has 0 saturated heterocycles. The van der Waals surface area contributed by atoms with E-state index in [2.05, 4.69) is 0 Å².